The number of aromatic nitrogens is 6. The first-order chi connectivity index (χ1) is 9.72. The van der Waals surface area contributed by atoms with E-state index in [1.54, 1.807) is 0 Å². The summed E-state index contributed by atoms with van der Waals surface area (Å²) in [5.41, 5.74) is 2.33. The maximum Gasteiger partial charge on any atom is 0.258 e. The smallest absolute Gasteiger partial charge is 0.258 e. The van der Waals surface area contributed by atoms with Crippen molar-refractivity contribution in [3.05, 3.63) is 12.7 Å². The second-order valence-corrected chi connectivity index (χ2v) is 3.76. The molecule has 20 heavy (non-hydrogen) atoms. The van der Waals surface area contributed by atoms with Crippen molar-refractivity contribution in [2.45, 2.75) is 6.10 Å². The molecular weight excluding hydrogens is 266 g/mol. The van der Waals surface area contributed by atoms with Crippen LogP contribution in [-0.2, 0) is 4.74 Å². The van der Waals surface area contributed by atoms with E-state index in [4.69, 9.17) is 10.6 Å². The maximum absolute atomic E-state index is 9.56. The molecule has 0 fully saturated rings. The summed E-state index contributed by atoms with van der Waals surface area (Å²) in [4.78, 5) is 16.0. The largest absolute Gasteiger partial charge is 0.389 e. The average molecular weight is 281 g/mol. The Kier molecular flexibility index (Phi) is 4.70. The highest BCUT2D eigenvalue weighted by atomic mass is 16.5. The minimum absolute atomic E-state index is 0.161. The van der Waals surface area contributed by atoms with Gasteiger partial charge in [-0.3, -0.25) is 5.43 Å². The fraction of sp³-hybridized carbons (Fsp3) is 0.444. The second-order valence-electron chi connectivity index (χ2n) is 3.76. The van der Waals surface area contributed by atoms with E-state index < -0.39 is 6.10 Å². The predicted molar refractivity (Wildman–Crippen MR) is 68.9 cm³/mol. The van der Waals surface area contributed by atoms with Gasteiger partial charge in [0.05, 0.1) is 12.7 Å². The highest BCUT2D eigenvalue weighted by molar-refractivity contribution is 5.36. The van der Waals surface area contributed by atoms with Crippen LogP contribution in [0.2, 0.25) is 0 Å². The Balaban J connectivity index is 2.14. The average Bonchev–Trinajstić information content (AvgIpc) is 2.99. The van der Waals surface area contributed by atoms with Crippen LogP contribution in [0.25, 0.3) is 5.95 Å². The van der Waals surface area contributed by atoms with Crippen molar-refractivity contribution >= 4 is 11.9 Å². The van der Waals surface area contributed by atoms with Crippen LogP contribution in [0.1, 0.15) is 0 Å². The third-order valence-electron chi connectivity index (χ3n) is 2.23. The molecule has 1 unspecified atom stereocenters. The number of aliphatic hydroxyl groups excluding tert-OH is 1. The van der Waals surface area contributed by atoms with Crippen molar-refractivity contribution in [1.29, 1.82) is 0 Å². The van der Waals surface area contributed by atoms with Crippen LogP contribution in [-0.4, -0.2) is 61.2 Å². The number of aliphatic hydroxyl groups is 1. The molecule has 5 N–H and O–H groups in total. The van der Waals surface area contributed by atoms with E-state index in [2.05, 4.69) is 35.8 Å². The molecule has 2 rings (SSSR count). The van der Waals surface area contributed by atoms with Gasteiger partial charge in [0.2, 0.25) is 11.9 Å². The monoisotopic (exact) mass is 281 g/mol. The molecule has 2 aromatic heterocycles. The molecular formula is C9H15N9O2. The minimum Gasteiger partial charge on any atom is -0.389 e. The SMILES string of the molecule is COCC(O)CNc1nc(NN)nc(-n2cncn2)n1. The van der Waals surface area contributed by atoms with Gasteiger partial charge in [0.1, 0.15) is 12.7 Å². The lowest BCUT2D eigenvalue weighted by Gasteiger charge is -2.11. The summed E-state index contributed by atoms with van der Waals surface area (Å²) in [6, 6.07) is 0. The highest BCUT2D eigenvalue weighted by Crippen LogP contribution is 2.07. The van der Waals surface area contributed by atoms with Gasteiger partial charge in [-0.15, -0.1) is 0 Å². The molecule has 0 aliphatic heterocycles. The lowest BCUT2D eigenvalue weighted by atomic mass is 10.4. The first-order valence-electron chi connectivity index (χ1n) is 5.71. The molecule has 1 atom stereocenters. The predicted octanol–water partition coefficient (Wildman–Crippen LogP) is -1.84. The first kappa shape index (κ1) is 14.0. The number of anilines is 2. The Morgan fingerprint density at radius 1 is 1.40 bits per heavy atom. The van der Waals surface area contributed by atoms with E-state index in [0.29, 0.717) is 0 Å². The molecule has 11 heteroatoms. The number of hydrogen-bond donors (Lipinski definition) is 4. The van der Waals surface area contributed by atoms with Gasteiger partial charge >= 0.3 is 0 Å². The quantitative estimate of drug-likeness (QED) is 0.336. The number of nitrogens with zero attached hydrogens (tertiary/aromatic N) is 6. The second kappa shape index (κ2) is 6.70. The summed E-state index contributed by atoms with van der Waals surface area (Å²) in [5.74, 6) is 5.95. The van der Waals surface area contributed by atoms with Gasteiger partial charge in [-0.05, 0) is 0 Å². The van der Waals surface area contributed by atoms with Gasteiger partial charge in [-0.2, -0.15) is 24.7 Å². The van der Waals surface area contributed by atoms with Crippen molar-refractivity contribution in [2.24, 2.45) is 5.84 Å². The summed E-state index contributed by atoms with van der Waals surface area (Å²) in [5, 5.41) is 16.3. The molecule has 0 aromatic carbocycles. The molecule has 2 aromatic rings. The normalized spacial score (nSPS) is 12.2. The van der Waals surface area contributed by atoms with Crippen LogP contribution in [0, 0.1) is 0 Å². The Bertz CT molecular complexity index is 532. The van der Waals surface area contributed by atoms with Crippen molar-refractivity contribution < 1.29 is 9.84 Å². The number of rotatable bonds is 7. The molecule has 0 spiro atoms. The minimum atomic E-state index is -0.680. The topological polar surface area (TPSA) is 149 Å². The molecule has 0 aliphatic carbocycles. The van der Waals surface area contributed by atoms with Crippen molar-refractivity contribution in [2.75, 3.05) is 31.0 Å². The maximum atomic E-state index is 9.56. The van der Waals surface area contributed by atoms with Crippen LogP contribution in [0.4, 0.5) is 11.9 Å². The molecule has 2 heterocycles. The van der Waals surface area contributed by atoms with Gasteiger partial charge in [0.15, 0.2) is 0 Å². The molecule has 0 bridgehead atoms. The molecule has 108 valence electrons. The van der Waals surface area contributed by atoms with Gasteiger partial charge < -0.3 is 15.2 Å². The molecule has 0 saturated carbocycles. The fourth-order valence-corrected chi connectivity index (χ4v) is 1.38. The van der Waals surface area contributed by atoms with Gasteiger partial charge in [-0.25, -0.2) is 10.8 Å². The van der Waals surface area contributed by atoms with Gasteiger partial charge in [-0.1, -0.05) is 0 Å². The van der Waals surface area contributed by atoms with Crippen LogP contribution in [0.15, 0.2) is 12.7 Å². The van der Waals surface area contributed by atoms with Gasteiger partial charge in [0.25, 0.3) is 5.95 Å². The number of nitrogens with two attached hydrogens (primary N) is 1. The van der Waals surface area contributed by atoms with Gasteiger partial charge in [0, 0.05) is 13.7 Å². The summed E-state index contributed by atoms with van der Waals surface area (Å²) >= 11 is 0. The molecule has 0 amide bonds. The lowest BCUT2D eigenvalue weighted by Crippen LogP contribution is -2.25. The lowest BCUT2D eigenvalue weighted by molar-refractivity contribution is 0.0726. The zero-order valence-electron chi connectivity index (χ0n) is 10.8. The van der Waals surface area contributed by atoms with Crippen LogP contribution < -0.4 is 16.6 Å². The number of nitrogen functional groups attached to an aromatic ring is 1. The van der Waals surface area contributed by atoms with Crippen molar-refractivity contribution in [3.8, 4) is 5.95 Å². The first-order valence-corrected chi connectivity index (χ1v) is 5.71. The van der Waals surface area contributed by atoms with Crippen LogP contribution in [0.5, 0.6) is 0 Å². The fourth-order valence-electron chi connectivity index (χ4n) is 1.38. The zero-order chi connectivity index (χ0) is 14.4. The van der Waals surface area contributed by atoms with Crippen molar-refractivity contribution in [1.82, 2.24) is 29.7 Å². The van der Waals surface area contributed by atoms with E-state index in [1.807, 2.05) is 0 Å². The Morgan fingerprint density at radius 3 is 2.85 bits per heavy atom. The molecule has 0 aliphatic rings. The molecule has 11 nitrogen and oxygen atoms in total. The Labute approximate surface area is 114 Å². The van der Waals surface area contributed by atoms with Crippen LogP contribution in [0.3, 0.4) is 0 Å². The number of ether oxygens (including phenoxy) is 1. The Hall–Kier alpha value is -2.37. The number of hydrogen-bond acceptors (Lipinski definition) is 10. The van der Waals surface area contributed by atoms with E-state index in [1.165, 1.54) is 24.4 Å². The van der Waals surface area contributed by atoms with Crippen LogP contribution >= 0.6 is 0 Å². The van der Waals surface area contributed by atoms with E-state index >= 15 is 0 Å². The third kappa shape index (κ3) is 3.57. The summed E-state index contributed by atoms with van der Waals surface area (Å²) < 4.78 is 6.18. The Morgan fingerprint density at radius 2 is 2.20 bits per heavy atom. The highest BCUT2D eigenvalue weighted by Gasteiger charge is 2.10. The number of hydrazine groups is 1. The summed E-state index contributed by atoms with van der Waals surface area (Å²) in [7, 11) is 1.51. The third-order valence-corrected chi connectivity index (χ3v) is 2.23. The molecule has 0 radical (unpaired) electrons. The summed E-state index contributed by atoms with van der Waals surface area (Å²) in [6.45, 7) is 0.425. The zero-order valence-corrected chi connectivity index (χ0v) is 10.8. The summed E-state index contributed by atoms with van der Waals surface area (Å²) in [6.07, 6.45) is 2.12. The number of methoxy groups -OCH3 is 1. The number of nitrogens with one attached hydrogen (secondary N) is 2. The standard InChI is InChI=1S/C9H15N9O2/c1-20-3-6(19)2-12-7-14-8(17-10)16-9(15-7)18-5-11-4-13-18/h4-6,19H,2-3,10H2,1H3,(H2,12,14,15,16,17). The van der Waals surface area contributed by atoms with E-state index in [0.717, 1.165) is 0 Å². The molecule has 0 saturated heterocycles. The van der Waals surface area contributed by atoms with Crippen molar-refractivity contribution in [3.63, 3.8) is 0 Å². The van der Waals surface area contributed by atoms with E-state index in [9.17, 15) is 5.11 Å². The van der Waals surface area contributed by atoms with E-state index in [-0.39, 0.29) is 31.0 Å².